The summed E-state index contributed by atoms with van der Waals surface area (Å²) in [4.78, 5) is 11.7. The van der Waals surface area contributed by atoms with E-state index in [9.17, 15) is 5.11 Å². The number of phenolic OH excluding ortho intramolecular Hbond substituents is 1. The molecule has 0 atom stereocenters. The molecule has 1 fully saturated rings. The maximum atomic E-state index is 9.41. The molecule has 6 heteroatoms. The van der Waals surface area contributed by atoms with Gasteiger partial charge >= 0.3 is 0 Å². The maximum Gasteiger partial charge on any atom is 0.229 e. The number of nitrogens with zero attached hydrogens (tertiary/aromatic N) is 3. The minimum atomic E-state index is 0.240. The number of nitrogens with one attached hydrogen (secondary N) is 1. The number of ether oxygens (including phenoxy) is 1. The summed E-state index contributed by atoms with van der Waals surface area (Å²) in [5, 5.41) is 14.8. The van der Waals surface area contributed by atoms with Crippen LogP contribution in [0.5, 0.6) is 5.75 Å². The second kappa shape index (κ2) is 6.49. The van der Waals surface area contributed by atoms with E-state index in [4.69, 9.17) is 9.72 Å². The summed E-state index contributed by atoms with van der Waals surface area (Å²) in [5.74, 6) is 1.79. The molecule has 0 unspecified atom stereocenters. The van der Waals surface area contributed by atoms with Gasteiger partial charge in [0.25, 0.3) is 0 Å². The van der Waals surface area contributed by atoms with Gasteiger partial charge in [0.05, 0.1) is 18.6 Å². The van der Waals surface area contributed by atoms with Crippen LogP contribution in [0.3, 0.4) is 0 Å². The van der Waals surface area contributed by atoms with Gasteiger partial charge in [-0.05, 0) is 37.1 Å². The first kappa shape index (κ1) is 15.0. The van der Waals surface area contributed by atoms with Crippen molar-refractivity contribution in [2.24, 2.45) is 0 Å². The van der Waals surface area contributed by atoms with Crippen LogP contribution in [0.4, 0.5) is 17.5 Å². The number of aromatic hydroxyl groups is 1. The van der Waals surface area contributed by atoms with Crippen molar-refractivity contribution in [3.05, 3.63) is 34.8 Å². The molecule has 1 aliphatic heterocycles. The standard InChI is InChI=1S/C18H20N4O2/c23-14-7-5-13(6-8-14)19-18-20-16-4-2-1-3-15(16)17(21-18)22-9-11-24-12-10-22/h3-8,23H,1-2,9-12H2,(H,19,20). The third-order valence-electron chi connectivity index (χ3n) is 4.24. The topological polar surface area (TPSA) is 70.5 Å². The van der Waals surface area contributed by atoms with E-state index in [1.807, 2.05) is 12.1 Å². The molecule has 2 aromatic rings. The Bertz CT molecular complexity index is 843. The van der Waals surface area contributed by atoms with E-state index < -0.39 is 0 Å². The van der Waals surface area contributed by atoms with Gasteiger partial charge in [-0.2, -0.15) is 4.98 Å². The fourth-order valence-electron chi connectivity index (χ4n) is 3.02. The van der Waals surface area contributed by atoms with Crippen molar-refractivity contribution in [2.45, 2.75) is 12.8 Å². The molecule has 0 radical (unpaired) electrons. The number of hydrogen-bond donors (Lipinski definition) is 2. The molecule has 1 aromatic carbocycles. The van der Waals surface area contributed by atoms with Gasteiger partial charge in [-0.1, -0.05) is 12.2 Å². The molecule has 124 valence electrons. The molecule has 2 N–H and O–H groups in total. The van der Waals surface area contributed by atoms with E-state index in [0.717, 1.165) is 61.2 Å². The molecule has 1 aromatic heterocycles. The van der Waals surface area contributed by atoms with Crippen LogP contribution >= 0.6 is 0 Å². The minimum Gasteiger partial charge on any atom is -0.508 e. The highest BCUT2D eigenvalue weighted by Crippen LogP contribution is 2.17. The van der Waals surface area contributed by atoms with Gasteiger partial charge in [0, 0.05) is 24.0 Å². The second-order valence-electron chi connectivity index (χ2n) is 5.93. The van der Waals surface area contributed by atoms with Gasteiger partial charge in [0.1, 0.15) is 11.6 Å². The van der Waals surface area contributed by atoms with Gasteiger partial charge in [-0.25, -0.2) is 4.98 Å². The monoisotopic (exact) mass is 324 g/mol. The van der Waals surface area contributed by atoms with E-state index in [1.54, 1.807) is 12.1 Å². The minimum absolute atomic E-state index is 0.240. The predicted molar refractivity (Wildman–Crippen MR) is 93.9 cm³/mol. The fourth-order valence-corrected chi connectivity index (χ4v) is 3.02. The molecule has 2 aliphatic rings. The molecule has 0 spiro atoms. The summed E-state index contributed by atoms with van der Waals surface area (Å²) in [7, 11) is 0. The zero-order chi connectivity index (χ0) is 16.4. The molecule has 0 bridgehead atoms. The number of hydrogen-bond acceptors (Lipinski definition) is 6. The Morgan fingerprint density at radius 1 is 1.00 bits per heavy atom. The lowest BCUT2D eigenvalue weighted by Gasteiger charge is -2.28. The molecule has 24 heavy (non-hydrogen) atoms. The lowest BCUT2D eigenvalue weighted by molar-refractivity contribution is 0.122. The van der Waals surface area contributed by atoms with E-state index in [2.05, 4.69) is 27.4 Å². The van der Waals surface area contributed by atoms with Crippen molar-refractivity contribution in [1.29, 1.82) is 0 Å². The molecular weight excluding hydrogens is 304 g/mol. The van der Waals surface area contributed by atoms with Crippen LogP contribution in [0.15, 0.2) is 24.3 Å². The van der Waals surface area contributed by atoms with Crippen molar-refractivity contribution in [1.82, 2.24) is 9.97 Å². The molecule has 1 saturated heterocycles. The van der Waals surface area contributed by atoms with Gasteiger partial charge in [-0.3, -0.25) is 0 Å². The number of morpholine rings is 1. The highest BCUT2D eigenvalue weighted by atomic mass is 16.5. The Balaban J connectivity index is 1.74. The molecule has 0 amide bonds. The number of rotatable bonds is 3. The van der Waals surface area contributed by atoms with E-state index >= 15 is 0 Å². The average molecular weight is 324 g/mol. The number of anilines is 3. The summed E-state index contributed by atoms with van der Waals surface area (Å²) >= 11 is 0. The molecular formula is C18H20N4O2. The van der Waals surface area contributed by atoms with Crippen molar-refractivity contribution in [3.63, 3.8) is 0 Å². The van der Waals surface area contributed by atoms with E-state index in [1.165, 1.54) is 0 Å². The normalized spacial score (nSPS) is 16.8. The largest absolute Gasteiger partial charge is 0.508 e. The molecule has 4 rings (SSSR count). The predicted octanol–water partition coefficient (Wildman–Crippen LogP) is 1.12. The smallest absolute Gasteiger partial charge is 0.229 e. The first-order valence-corrected chi connectivity index (χ1v) is 8.27. The van der Waals surface area contributed by atoms with E-state index in [0.29, 0.717) is 5.95 Å². The van der Waals surface area contributed by atoms with Gasteiger partial charge in [0.15, 0.2) is 0 Å². The Labute approximate surface area is 140 Å². The SMILES string of the molecule is Oc1ccc(Nc2nc(N3CCOCC3)c3c(n2)=CCCC=3)cc1. The van der Waals surface area contributed by atoms with Crippen molar-refractivity contribution >= 4 is 29.6 Å². The Morgan fingerprint density at radius 2 is 1.75 bits per heavy atom. The molecule has 6 nitrogen and oxygen atoms in total. The number of aromatic nitrogens is 2. The lowest BCUT2D eigenvalue weighted by Crippen LogP contribution is -2.44. The number of fused-ring (bicyclic) bond motifs is 1. The quantitative estimate of drug-likeness (QED) is 0.825. The van der Waals surface area contributed by atoms with Crippen molar-refractivity contribution < 1.29 is 9.84 Å². The summed E-state index contributed by atoms with van der Waals surface area (Å²) in [6, 6.07) is 6.90. The third-order valence-corrected chi connectivity index (χ3v) is 4.24. The number of benzene rings is 1. The Kier molecular flexibility index (Phi) is 4.04. The van der Waals surface area contributed by atoms with Crippen LogP contribution in [-0.4, -0.2) is 41.4 Å². The van der Waals surface area contributed by atoms with Crippen molar-refractivity contribution in [3.8, 4) is 5.75 Å². The average Bonchev–Trinajstić information content (AvgIpc) is 2.64. The zero-order valence-corrected chi connectivity index (χ0v) is 13.4. The van der Waals surface area contributed by atoms with Gasteiger partial charge in [-0.15, -0.1) is 0 Å². The highest BCUT2D eigenvalue weighted by Gasteiger charge is 2.16. The molecule has 0 saturated carbocycles. The summed E-state index contributed by atoms with van der Waals surface area (Å²) in [6.45, 7) is 3.14. The summed E-state index contributed by atoms with van der Waals surface area (Å²) in [5.41, 5.74) is 0.848. The lowest BCUT2D eigenvalue weighted by atomic mass is 10.1. The Hall–Kier alpha value is -2.60. The highest BCUT2D eigenvalue weighted by molar-refractivity contribution is 5.58. The molecule has 1 aliphatic carbocycles. The van der Waals surface area contributed by atoms with Crippen LogP contribution in [0.2, 0.25) is 0 Å². The van der Waals surface area contributed by atoms with Gasteiger partial charge in [0.2, 0.25) is 5.95 Å². The van der Waals surface area contributed by atoms with Crippen LogP contribution in [-0.2, 0) is 4.74 Å². The van der Waals surface area contributed by atoms with E-state index in [-0.39, 0.29) is 5.75 Å². The van der Waals surface area contributed by atoms with Crippen LogP contribution < -0.4 is 20.8 Å². The molecule has 2 heterocycles. The Morgan fingerprint density at radius 3 is 2.54 bits per heavy atom. The van der Waals surface area contributed by atoms with Crippen LogP contribution in [0, 0.1) is 0 Å². The van der Waals surface area contributed by atoms with Crippen LogP contribution in [0.1, 0.15) is 12.8 Å². The first-order chi connectivity index (χ1) is 11.8. The zero-order valence-electron chi connectivity index (χ0n) is 13.4. The first-order valence-electron chi connectivity index (χ1n) is 8.27. The third kappa shape index (κ3) is 3.05. The van der Waals surface area contributed by atoms with Crippen LogP contribution in [0.25, 0.3) is 12.2 Å². The van der Waals surface area contributed by atoms with Crippen molar-refractivity contribution in [2.75, 3.05) is 36.5 Å². The summed E-state index contributed by atoms with van der Waals surface area (Å²) < 4.78 is 5.46. The summed E-state index contributed by atoms with van der Waals surface area (Å²) in [6.07, 6.45) is 6.43. The maximum absolute atomic E-state index is 9.41. The van der Waals surface area contributed by atoms with Gasteiger partial charge < -0.3 is 20.1 Å². The second-order valence-corrected chi connectivity index (χ2v) is 5.93. The fraction of sp³-hybridized carbons (Fsp3) is 0.333. The number of phenols is 1.